The largest absolute Gasteiger partial charge is 0.462 e. The normalized spacial score (nSPS) is 15.8. The molecule has 0 aromatic carbocycles. The summed E-state index contributed by atoms with van der Waals surface area (Å²) in [5, 5.41) is 0. The lowest BCUT2D eigenvalue weighted by molar-refractivity contribution is -0.164. The molecule has 0 aliphatic carbocycles. The van der Waals surface area contributed by atoms with Crippen LogP contribution < -0.4 is 0 Å². The van der Waals surface area contributed by atoms with Crippen molar-refractivity contribution in [2.24, 2.45) is 10.8 Å². The van der Waals surface area contributed by atoms with Gasteiger partial charge >= 0.3 is 19.5 Å². The molecule has 0 heterocycles. The van der Waals surface area contributed by atoms with Gasteiger partial charge in [0.2, 0.25) is 6.79 Å². The molecule has 3 unspecified atom stereocenters. The molecule has 8 nitrogen and oxygen atoms in total. The maximum Gasteiger partial charge on any atom is 0.330 e. The number of esters is 2. The minimum atomic E-state index is -3.21. The quantitative estimate of drug-likeness (QED) is 0.0737. The summed E-state index contributed by atoms with van der Waals surface area (Å²) in [4.78, 5) is 25.5. The summed E-state index contributed by atoms with van der Waals surface area (Å²) in [6.07, 6.45) is 8.27. The van der Waals surface area contributed by atoms with E-state index in [1.165, 1.54) is 13.8 Å². The number of methoxy groups -OCH3 is 1. The molecule has 9 heteroatoms. The second-order valence-electron chi connectivity index (χ2n) is 10.7. The first-order valence-corrected chi connectivity index (χ1v) is 14.9. The first-order chi connectivity index (χ1) is 16.2. The Hall–Kier alpha value is -0.950. The molecule has 0 saturated heterocycles. The third kappa shape index (κ3) is 14.4. The predicted molar refractivity (Wildman–Crippen MR) is 138 cm³/mol. The summed E-state index contributed by atoms with van der Waals surface area (Å²) in [6, 6.07) is 0. The summed E-state index contributed by atoms with van der Waals surface area (Å²) >= 11 is 0. The van der Waals surface area contributed by atoms with Gasteiger partial charge in [0.15, 0.2) is 0 Å². The van der Waals surface area contributed by atoms with E-state index in [0.29, 0.717) is 25.7 Å². The van der Waals surface area contributed by atoms with E-state index in [1.54, 1.807) is 21.0 Å². The molecule has 35 heavy (non-hydrogen) atoms. The highest BCUT2D eigenvalue weighted by Crippen LogP contribution is 2.42. The maximum atomic E-state index is 13.1. The molecule has 0 bridgehead atoms. The van der Waals surface area contributed by atoms with Crippen LogP contribution in [0.2, 0.25) is 0 Å². The molecule has 0 radical (unpaired) electrons. The first kappa shape index (κ1) is 34.0. The smallest absolute Gasteiger partial charge is 0.330 e. The fourth-order valence-electron chi connectivity index (χ4n) is 3.77. The van der Waals surface area contributed by atoms with E-state index in [4.69, 9.17) is 23.3 Å². The van der Waals surface area contributed by atoms with Gasteiger partial charge in [0, 0.05) is 20.9 Å². The molecule has 0 fully saturated rings. The van der Waals surface area contributed by atoms with Gasteiger partial charge in [-0.15, -0.1) is 0 Å². The van der Waals surface area contributed by atoms with Crippen LogP contribution in [0.15, 0.2) is 0 Å². The van der Waals surface area contributed by atoms with Crippen molar-refractivity contribution in [3.05, 3.63) is 0 Å². The molecular formula is C26H51O8P. The van der Waals surface area contributed by atoms with Crippen molar-refractivity contribution in [2.45, 2.75) is 118 Å². The monoisotopic (exact) mass is 522 g/mol. The average Bonchev–Trinajstić information content (AvgIpc) is 2.78. The zero-order valence-corrected chi connectivity index (χ0v) is 24.5. The van der Waals surface area contributed by atoms with Gasteiger partial charge in [-0.05, 0) is 72.6 Å². The second kappa shape index (κ2) is 16.7. The summed E-state index contributed by atoms with van der Waals surface area (Å²) < 4.78 is 38.2. The highest BCUT2D eigenvalue weighted by Gasteiger charge is 2.35. The van der Waals surface area contributed by atoms with Crippen LogP contribution in [-0.2, 0) is 37.4 Å². The third-order valence-electron chi connectivity index (χ3n) is 6.33. The number of hydrogen-bond acceptors (Lipinski definition) is 8. The number of carbonyl (C=O) groups excluding carboxylic acids is 2. The Labute approximate surface area is 213 Å². The summed E-state index contributed by atoms with van der Waals surface area (Å²) in [5.74, 6) is -0.633. The SMILES string of the molecule is CCCCCC(CCCC(C)(C)C(=O)OCOP(C)(=O)OC)OC(=O)C(C)(C)CC(CCC)OC. The Bertz CT molecular complexity index is 662. The van der Waals surface area contributed by atoms with Gasteiger partial charge in [-0.2, -0.15) is 0 Å². The lowest BCUT2D eigenvalue weighted by Crippen LogP contribution is -2.34. The molecule has 208 valence electrons. The fourth-order valence-corrected chi connectivity index (χ4v) is 4.12. The second-order valence-corrected chi connectivity index (χ2v) is 12.8. The van der Waals surface area contributed by atoms with Gasteiger partial charge < -0.3 is 18.7 Å². The van der Waals surface area contributed by atoms with Crippen LogP contribution in [0, 0.1) is 10.8 Å². The van der Waals surface area contributed by atoms with Crippen molar-refractivity contribution in [3.63, 3.8) is 0 Å². The van der Waals surface area contributed by atoms with Crippen LogP contribution in [-0.4, -0.2) is 51.8 Å². The third-order valence-corrected chi connectivity index (χ3v) is 7.56. The van der Waals surface area contributed by atoms with E-state index in [9.17, 15) is 14.2 Å². The van der Waals surface area contributed by atoms with Gasteiger partial charge in [-0.25, -0.2) is 0 Å². The molecule has 0 spiro atoms. The summed E-state index contributed by atoms with van der Waals surface area (Å²) in [5.41, 5.74) is -1.39. The van der Waals surface area contributed by atoms with Crippen LogP contribution in [0.1, 0.15) is 106 Å². The van der Waals surface area contributed by atoms with Crippen molar-refractivity contribution in [1.29, 1.82) is 0 Å². The van der Waals surface area contributed by atoms with Crippen LogP contribution in [0.3, 0.4) is 0 Å². The van der Waals surface area contributed by atoms with Gasteiger partial charge in [0.25, 0.3) is 0 Å². The lowest BCUT2D eigenvalue weighted by atomic mass is 9.85. The van der Waals surface area contributed by atoms with Gasteiger partial charge in [-0.1, -0.05) is 33.1 Å². The first-order valence-electron chi connectivity index (χ1n) is 12.9. The van der Waals surface area contributed by atoms with Crippen molar-refractivity contribution in [2.75, 3.05) is 27.7 Å². The fraction of sp³-hybridized carbons (Fsp3) is 0.923. The molecule has 0 aromatic heterocycles. The molecule has 0 N–H and O–H groups in total. The van der Waals surface area contributed by atoms with Crippen molar-refractivity contribution in [1.82, 2.24) is 0 Å². The van der Waals surface area contributed by atoms with Gasteiger partial charge in [0.05, 0.1) is 16.9 Å². The van der Waals surface area contributed by atoms with E-state index in [-0.39, 0.29) is 18.2 Å². The van der Waals surface area contributed by atoms with E-state index < -0.39 is 31.2 Å². The highest BCUT2D eigenvalue weighted by atomic mass is 31.2. The van der Waals surface area contributed by atoms with E-state index in [2.05, 4.69) is 13.8 Å². The predicted octanol–water partition coefficient (Wildman–Crippen LogP) is 6.89. The van der Waals surface area contributed by atoms with Crippen molar-refractivity contribution in [3.8, 4) is 0 Å². The number of rotatable bonds is 20. The molecule has 0 rings (SSSR count). The summed E-state index contributed by atoms with van der Waals surface area (Å²) in [7, 11) is -0.243. The Morgan fingerprint density at radius 2 is 1.46 bits per heavy atom. The molecule has 3 atom stereocenters. The zero-order valence-electron chi connectivity index (χ0n) is 23.6. The van der Waals surface area contributed by atoms with Crippen molar-refractivity contribution >= 4 is 19.5 Å². The Kier molecular flexibility index (Phi) is 16.3. The Balaban J connectivity index is 4.92. The Morgan fingerprint density at radius 3 is 2.00 bits per heavy atom. The van der Waals surface area contributed by atoms with E-state index >= 15 is 0 Å². The van der Waals surface area contributed by atoms with E-state index in [0.717, 1.165) is 38.5 Å². The number of carbonyl (C=O) groups is 2. The van der Waals surface area contributed by atoms with Crippen LogP contribution in [0.25, 0.3) is 0 Å². The minimum absolute atomic E-state index is 0.0300. The van der Waals surface area contributed by atoms with Crippen LogP contribution in [0.4, 0.5) is 0 Å². The number of unbranched alkanes of at least 4 members (excludes halogenated alkanes) is 2. The topological polar surface area (TPSA) is 97.4 Å². The molecule has 0 aliphatic heterocycles. The summed E-state index contributed by atoms with van der Waals surface area (Å²) in [6.45, 7) is 12.6. The average molecular weight is 523 g/mol. The zero-order chi connectivity index (χ0) is 27.1. The van der Waals surface area contributed by atoms with Crippen LogP contribution >= 0.6 is 7.60 Å². The Morgan fingerprint density at radius 1 is 0.829 bits per heavy atom. The van der Waals surface area contributed by atoms with Crippen molar-refractivity contribution < 1.29 is 37.4 Å². The van der Waals surface area contributed by atoms with Gasteiger partial charge in [0.1, 0.15) is 6.10 Å². The molecule has 0 saturated carbocycles. The molecule has 0 aliphatic rings. The standard InChI is InChI=1S/C26H51O8P/c1-10-12-13-16-21(34-24(28)26(5,6)19-22(30-7)15-11-2)17-14-18-25(3,4)23(27)32-20-33-35(9,29)31-8/h21-22H,10-20H2,1-9H3. The van der Waals surface area contributed by atoms with E-state index in [1.807, 2.05) is 13.8 Å². The van der Waals surface area contributed by atoms with Crippen LogP contribution in [0.5, 0.6) is 0 Å². The highest BCUT2D eigenvalue weighted by molar-refractivity contribution is 7.52. The minimum Gasteiger partial charge on any atom is -0.462 e. The molecule has 0 amide bonds. The lowest BCUT2D eigenvalue weighted by Gasteiger charge is -2.30. The van der Waals surface area contributed by atoms with Gasteiger partial charge in [-0.3, -0.25) is 18.7 Å². The number of ether oxygens (including phenoxy) is 3. The molecule has 0 aromatic rings. The molecular weight excluding hydrogens is 471 g/mol. The number of hydrogen-bond donors (Lipinski definition) is 0. The maximum absolute atomic E-state index is 13.1.